The summed E-state index contributed by atoms with van der Waals surface area (Å²) in [6.45, 7) is 19.8. The number of nitrogens with zero attached hydrogens (tertiary/aromatic N) is 4. The van der Waals surface area contributed by atoms with Crippen LogP contribution in [0.3, 0.4) is 0 Å². The number of hydrogen-bond donors (Lipinski definition) is 1. The third kappa shape index (κ3) is 9.43. The summed E-state index contributed by atoms with van der Waals surface area (Å²) in [7, 11) is 4.06. The van der Waals surface area contributed by atoms with E-state index in [4.69, 9.17) is 0 Å². The first kappa shape index (κ1) is 40.6. The molecule has 276 valence electrons. The van der Waals surface area contributed by atoms with Gasteiger partial charge in [0.05, 0.1) is 5.56 Å². The van der Waals surface area contributed by atoms with Crippen LogP contribution in [0.25, 0.3) is 32.9 Å². The number of para-hydroxylation sites is 1. The Bertz CT molecular complexity index is 2000. The van der Waals surface area contributed by atoms with Gasteiger partial charge in [-0.15, -0.1) is 46.2 Å². The van der Waals surface area contributed by atoms with Gasteiger partial charge in [-0.1, -0.05) is 96.1 Å². The molecule has 9 heteroatoms. The topological polar surface area (TPSA) is 35.9 Å². The first-order valence-corrected chi connectivity index (χ1v) is 17.4. The minimum Gasteiger partial charge on any atom is -0.657 e. The third-order valence-corrected chi connectivity index (χ3v) is 8.89. The van der Waals surface area contributed by atoms with Crippen molar-refractivity contribution in [1.29, 1.82) is 0 Å². The van der Waals surface area contributed by atoms with Crippen LogP contribution < -0.4 is 15.2 Å². The fourth-order valence-corrected chi connectivity index (χ4v) is 6.20. The van der Waals surface area contributed by atoms with Gasteiger partial charge in [0.1, 0.15) is 0 Å². The van der Waals surface area contributed by atoms with Crippen LogP contribution in [-0.2, 0) is 27.2 Å². The minimum absolute atomic E-state index is 0. The molecule has 2 heterocycles. The predicted molar refractivity (Wildman–Crippen MR) is 207 cm³/mol. The van der Waals surface area contributed by atoms with Gasteiger partial charge >= 0.3 is 27.2 Å². The van der Waals surface area contributed by atoms with Crippen molar-refractivity contribution >= 4 is 33.2 Å². The number of nitrogens with one attached hydrogen (secondary N) is 1. The number of alkyl halides is 3. The van der Waals surface area contributed by atoms with Gasteiger partial charge in [-0.05, 0) is 96.5 Å². The van der Waals surface area contributed by atoms with Crippen molar-refractivity contribution in [3.8, 4) is 11.1 Å². The molecule has 0 radical (unpaired) electrons. The monoisotopic (exact) mass is 886 g/mol. The molecule has 4 aromatic carbocycles. The van der Waals surface area contributed by atoms with Crippen LogP contribution in [0, 0.1) is 19.4 Å². The second kappa shape index (κ2) is 17.1. The molecule has 0 fully saturated rings. The molecule has 0 bridgehead atoms. The summed E-state index contributed by atoms with van der Waals surface area (Å²) in [5, 5.41) is 4.77. The Morgan fingerprint density at radius 1 is 0.865 bits per heavy atom. The van der Waals surface area contributed by atoms with E-state index in [0.717, 1.165) is 34.4 Å². The maximum absolute atomic E-state index is 12.6. The van der Waals surface area contributed by atoms with Crippen LogP contribution in [0.15, 0.2) is 91.4 Å². The molecule has 6 rings (SSSR count). The number of rotatable bonds is 9. The smallest absolute Gasteiger partial charge is 0.657 e. The van der Waals surface area contributed by atoms with Crippen LogP contribution in [0.2, 0.25) is 0 Å². The second-order valence-electron chi connectivity index (χ2n) is 14.0. The standard InChI is InChI=1S/C30H41N4.C13H7F3N.Pt/c1-10-11-32(8)19-31-26-14-25(15-27(18-26)34-13-12-33(9)20-34)30-28(22(4)5)16-24(21(2)3)17-29(30)23(6)7;14-13(15,16)8-5-6-12-10(7-8)9-3-1-2-4-11(9)17-12;/h10-17,19-23,31H,1-9H3;1-7H;/q-3;-1;+4/b11-10-;;. The maximum atomic E-state index is 12.6. The molecule has 0 atom stereocenters. The average Bonchev–Trinajstić information content (AvgIpc) is 3.69. The summed E-state index contributed by atoms with van der Waals surface area (Å²) >= 11 is 0. The number of halogens is 3. The summed E-state index contributed by atoms with van der Waals surface area (Å²) in [4.78, 5) is 10.5. The van der Waals surface area contributed by atoms with Gasteiger partial charge in [-0.3, -0.25) is 0 Å². The maximum Gasteiger partial charge on any atom is 4.00 e. The molecule has 1 N–H and O–H groups in total. The van der Waals surface area contributed by atoms with Crippen molar-refractivity contribution in [3.63, 3.8) is 0 Å². The molecule has 52 heavy (non-hydrogen) atoms. The average molecular weight is 887 g/mol. The zero-order chi connectivity index (χ0) is 37.0. The van der Waals surface area contributed by atoms with Gasteiger partial charge in [0.15, 0.2) is 0 Å². The molecule has 0 spiro atoms. The summed E-state index contributed by atoms with van der Waals surface area (Å²) < 4.78 is 37.8. The van der Waals surface area contributed by atoms with Crippen LogP contribution in [0.5, 0.6) is 0 Å². The molecule has 5 nitrogen and oxygen atoms in total. The SMILES string of the molecule is C/C=C\N(C)[CH-]Nc1[c-]c(N2C=CN(C)[CH-]2)cc(-c2c(C(C)C)cc(C(C)C)cc2C(C)C)c1.FC(F)(F)c1ccc2[n-]c3ccccc3c2c1.[Pt+4]. The number of aromatic nitrogens is 1. The third-order valence-electron chi connectivity index (χ3n) is 8.89. The van der Waals surface area contributed by atoms with Crippen molar-refractivity contribution in [2.24, 2.45) is 0 Å². The summed E-state index contributed by atoms with van der Waals surface area (Å²) in [6.07, 6.45) is 3.85. The van der Waals surface area contributed by atoms with E-state index in [1.807, 2.05) is 50.9 Å². The normalized spacial score (nSPS) is 13.1. The largest absolute Gasteiger partial charge is 4.00 e. The number of allylic oxidation sites excluding steroid dienone is 1. The molecule has 0 saturated carbocycles. The fourth-order valence-electron chi connectivity index (χ4n) is 6.20. The Morgan fingerprint density at radius 3 is 2.10 bits per heavy atom. The number of fused-ring (bicyclic) bond motifs is 3. The molecule has 1 aromatic heterocycles. The number of anilines is 2. The molecule has 5 aromatic rings. The van der Waals surface area contributed by atoms with Crippen molar-refractivity contribution in [2.45, 2.75) is 72.4 Å². The molecule has 1 aliphatic rings. The van der Waals surface area contributed by atoms with E-state index in [1.54, 1.807) is 18.2 Å². The predicted octanol–water partition coefficient (Wildman–Crippen LogP) is 11.8. The number of hydrogen-bond acceptors (Lipinski definition) is 4. The Hall–Kier alpha value is -4.16. The van der Waals surface area contributed by atoms with Gasteiger partial charge in [0.25, 0.3) is 0 Å². The Balaban J connectivity index is 0.000000280. The van der Waals surface area contributed by atoms with Gasteiger partial charge in [-0.2, -0.15) is 26.5 Å². The zero-order valence-corrected chi connectivity index (χ0v) is 33.6. The molecule has 0 amide bonds. The van der Waals surface area contributed by atoms with E-state index >= 15 is 0 Å². The van der Waals surface area contributed by atoms with Crippen LogP contribution in [0.1, 0.15) is 88.5 Å². The van der Waals surface area contributed by atoms with Gasteiger partial charge < -0.3 is 25.0 Å². The second-order valence-corrected chi connectivity index (χ2v) is 14.0. The van der Waals surface area contributed by atoms with E-state index < -0.39 is 11.7 Å². The quantitative estimate of drug-likeness (QED) is 0.149. The summed E-state index contributed by atoms with van der Waals surface area (Å²) in [5.74, 6) is 1.34. The van der Waals surface area contributed by atoms with Crippen molar-refractivity contribution < 1.29 is 34.2 Å². The molecule has 1 aliphatic heterocycles. The van der Waals surface area contributed by atoms with Crippen molar-refractivity contribution in [3.05, 3.63) is 133 Å². The fraction of sp³-hybridized carbons (Fsp3) is 0.302. The van der Waals surface area contributed by atoms with Gasteiger partial charge in [0.2, 0.25) is 0 Å². The van der Waals surface area contributed by atoms with Crippen LogP contribution in [0.4, 0.5) is 24.5 Å². The molecular weight excluding hydrogens is 839 g/mol. The summed E-state index contributed by atoms with van der Waals surface area (Å²) in [5.41, 5.74) is 9.44. The Morgan fingerprint density at radius 2 is 1.52 bits per heavy atom. The van der Waals surface area contributed by atoms with Gasteiger partial charge in [-0.25, -0.2) is 0 Å². The first-order chi connectivity index (χ1) is 24.2. The molecular formula is C43H48F3N5Pt. The number of benzene rings is 4. The van der Waals surface area contributed by atoms with E-state index in [9.17, 15) is 13.2 Å². The van der Waals surface area contributed by atoms with Crippen LogP contribution >= 0.6 is 0 Å². The van der Waals surface area contributed by atoms with Crippen molar-refractivity contribution in [2.75, 3.05) is 24.3 Å². The van der Waals surface area contributed by atoms with Gasteiger partial charge in [0, 0.05) is 0 Å². The van der Waals surface area contributed by atoms with E-state index in [0.29, 0.717) is 28.7 Å². The zero-order valence-electron chi connectivity index (χ0n) is 31.3. The summed E-state index contributed by atoms with van der Waals surface area (Å²) in [6, 6.07) is 23.7. The molecule has 0 unspecified atom stereocenters. The first-order valence-electron chi connectivity index (χ1n) is 17.4. The van der Waals surface area contributed by atoms with Crippen LogP contribution in [-0.4, -0.2) is 23.9 Å². The van der Waals surface area contributed by atoms with E-state index in [-0.39, 0.29) is 21.1 Å². The minimum atomic E-state index is -4.31. The Labute approximate surface area is 321 Å². The van der Waals surface area contributed by atoms with E-state index in [1.165, 1.54) is 33.9 Å². The molecule has 0 aliphatic carbocycles. The molecule has 0 saturated heterocycles. The van der Waals surface area contributed by atoms with E-state index in [2.05, 4.69) is 111 Å². The Kier molecular flexibility index (Phi) is 13.4. The van der Waals surface area contributed by atoms with Crippen molar-refractivity contribution in [1.82, 2.24) is 14.8 Å².